The third-order valence-electron chi connectivity index (χ3n) is 4.93. The third-order valence-corrected chi connectivity index (χ3v) is 4.93. The summed E-state index contributed by atoms with van der Waals surface area (Å²) in [5.41, 5.74) is 4.03. The van der Waals surface area contributed by atoms with Gasteiger partial charge in [0.2, 0.25) is 0 Å². The molecule has 5 heteroatoms. The molecule has 0 atom stereocenters. The first-order valence-electron chi connectivity index (χ1n) is 9.54. The van der Waals surface area contributed by atoms with Crippen LogP contribution in [0.4, 0.5) is 0 Å². The Kier molecular flexibility index (Phi) is 4.82. The minimum Gasteiger partial charge on any atom is -0.461 e. The summed E-state index contributed by atoms with van der Waals surface area (Å²) < 4.78 is 5.04. The van der Waals surface area contributed by atoms with Gasteiger partial charge in [-0.15, -0.1) is 0 Å². The molecule has 1 aliphatic rings. The minimum absolute atomic E-state index is 0.0293. The van der Waals surface area contributed by atoms with Gasteiger partial charge >= 0.3 is 5.97 Å². The fourth-order valence-corrected chi connectivity index (χ4v) is 3.20. The summed E-state index contributed by atoms with van der Waals surface area (Å²) in [6, 6.07) is 13.8. The van der Waals surface area contributed by atoms with Crippen molar-refractivity contribution in [2.45, 2.75) is 32.7 Å². The van der Waals surface area contributed by atoms with Crippen molar-refractivity contribution in [1.29, 1.82) is 0 Å². The number of fused-ring (bicyclic) bond motifs is 1. The zero-order valence-corrected chi connectivity index (χ0v) is 16.0. The molecule has 1 saturated carbocycles. The van der Waals surface area contributed by atoms with Crippen LogP contribution in [0.1, 0.15) is 46.2 Å². The molecule has 142 valence electrons. The van der Waals surface area contributed by atoms with Crippen LogP contribution in [0, 0.1) is 6.92 Å². The second-order valence-corrected chi connectivity index (χ2v) is 7.13. The molecule has 1 amide bonds. The van der Waals surface area contributed by atoms with Gasteiger partial charge in [0.05, 0.1) is 6.61 Å². The molecular weight excluding hydrogens is 352 g/mol. The Balaban J connectivity index is 1.71. The molecule has 4 rings (SSSR count). The molecule has 2 aromatic carbocycles. The second-order valence-electron chi connectivity index (χ2n) is 7.13. The van der Waals surface area contributed by atoms with E-state index in [0.717, 1.165) is 40.3 Å². The number of carbonyl (C=O) groups excluding carboxylic acids is 2. The van der Waals surface area contributed by atoms with Gasteiger partial charge in [-0.05, 0) is 73.0 Å². The van der Waals surface area contributed by atoms with Crippen LogP contribution in [-0.4, -0.2) is 29.5 Å². The molecule has 28 heavy (non-hydrogen) atoms. The van der Waals surface area contributed by atoms with E-state index in [1.807, 2.05) is 43.3 Å². The zero-order valence-electron chi connectivity index (χ0n) is 16.0. The van der Waals surface area contributed by atoms with Crippen molar-refractivity contribution in [3.8, 4) is 11.1 Å². The highest BCUT2D eigenvalue weighted by Crippen LogP contribution is 2.29. The molecule has 0 saturated heterocycles. The standard InChI is InChI=1S/C23H22N2O3/c1-3-28-23(27)21-12-18-10-15(6-7-17(18)13-24-21)20-11-16(5-4-14(20)2)22(26)25-19-8-9-19/h4-7,10-13,19H,3,8-9H2,1-2H3,(H,25,26). The fraction of sp³-hybridized carbons (Fsp3) is 0.261. The number of aryl methyl sites for hydroxylation is 1. The highest BCUT2D eigenvalue weighted by Gasteiger charge is 2.24. The number of nitrogens with zero attached hydrogens (tertiary/aromatic N) is 1. The number of pyridine rings is 1. The second kappa shape index (κ2) is 7.43. The highest BCUT2D eigenvalue weighted by atomic mass is 16.5. The maximum absolute atomic E-state index is 12.4. The zero-order chi connectivity index (χ0) is 19.7. The Morgan fingerprint density at radius 3 is 2.68 bits per heavy atom. The lowest BCUT2D eigenvalue weighted by atomic mass is 9.96. The van der Waals surface area contributed by atoms with Gasteiger partial charge in [-0.25, -0.2) is 9.78 Å². The Hall–Kier alpha value is -3.21. The Bertz CT molecular complexity index is 1070. The molecule has 1 fully saturated rings. The van der Waals surface area contributed by atoms with Gasteiger partial charge in [0, 0.05) is 23.2 Å². The predicted octanol–water partition coefficient (Wildman–Crippen LogP) is 4.28. The highest BCUT2D eigenvalue weighted by molar-refractivity contribution is 5.97. The molecule has 0 unspecified atom stereocenters. The summed E-state index contributed by atoms with van der Waals surface area (Å²) in [5, 5.41) is 4.88. The first-order chi connectivity index (χ1) is 13.5. The van der Waals surface area contributed by atoms with E-state index in [1.54, 1.807) is 19.2 Å². The molecule has 0 spiro atoms. The van der Waals surface area contributed by atoms with Gasteiger partial charge in [-0.3, -0.25) is 4.79 Å². The lowest BCUT2D eigenvalue weighted by Gasteiger charge is -2.11. The normalized spacial score (nSPS) is 13.4. The predicted molar refractivity (Wildman–Crippen MR) is 108 cm³/mol. The summed E-state index contributed by atoms with van der Waals surface area (Å²) in [7, 11) is 0. The van der Waals surface area contributed by atoms with E-state index in [0.29, 0.717) is 23.9 Å². The number of carbonyl (C=O) groups is 2. The minimum atomic E-state index is -0.426. The van der Waals surface area contributed by atoms with E-state index in [9.17, 15) is 9.59 Å². The molecule has 3 aromatic rings. The largest absolute Gasteiger partial charge is 0.461 e. The number of benzene rings is 2. The van der Waals surface area contributed by atoms with Crippen molar-refractivity contribution in [2.24, 2.45) is 0 Å². The number of nitrogens with one attached hydrogen (secondary N) is 1. The molecule has 0 radical (unpaired) electrons. The SMILES string of the molecule is CCOC(=O)c1cc2cc(-c3cc(C(=O)NC4CC4)ccc3C)ccc2cn1. The van der Waals surface area contributed by atoms with E-state index in [4.69, 9.17) is 4.74 Å². The molecule has 1 aliphatic carbocycles. The fourth-order valence-electron chi connectivity index (χ4n) is 3.20. The number of hydrogen-bond donors (Lipinski definition) is 1. The maximum atomic E-state index is 12.4. The number of rotatable bonds is 5. The molecule has 0 aliphatic heterocycles. The van der Waals surface area contributed by atoms with Gasteiger partial charge in [0.15, 0.2) is 0 Å². The van der Waals surface area contributed by atoms with Crippen molar-refractivity contribution in [1.82, 2.24) is 10.3 Å². The van der Waals surface area contributed by atoms with E-state index < -0.39 is 5.97 Å². The van der Waals surface area contributed by atoms with Crippen LogP contribution >= 0.6 is 0 Å². The number of ether oxygens (including phenoxy) is 1. The average molecular weight is 374 g/mol. The lowest BCUT2D eigenvalue weighted by molar-refractivity contribution is 0.0519. The topological polar surface area (TPSA) is 68.3 Å². The summed E-state index contributed by atoms with van der Waals surface area (Å²) in [5.74, 6) is -0.455. The third kappa shape index (κ3) is 3.74. The number of amides is 1. The van der Waals surface area contributed by atoms with Crippen LogP contribution in [0.5, 0.6) is 0 Å². The van der Waals surface area contributed by atoms with Crippen LogP contribution in [0.2, 0.25) is 0 Å². The van der Waals surface area contributed by atoms with Gasteiger partial charge in [0.1, 0.15) is 5.69 Å². The van der Waals surface area contributed by atoms with Gasteiger partial charge in [-0.2, -0.15) is 0 Å². The van der Waals surface area contributed by atoms with Crippen LogP contribution in [0.25, 0.3) is 21.9 Å². The van der Waals surface area contributed by atoms with Crippen molar-refractivity contribution < 1.29 is 14.3 Å². The van der Waals surface area contributed by atoms with Crippen LogP contribution < -0.4 is 5.32 Å². The molecule has 5 nitrogen and oxygen atoms in total. The van der Waals surface area contributed by atoms with Crippen molar-refractivity contribution in [2.75, 3.05) is 6.61 Å². The Labute approximate surface area is 163 Å². The number of aromatic nitrogens is 1. The Morgan fingerprint density at radius 2 is 1.93 bits per heavy atom. The number of esters is 1. The molecule has 1 heterocycles. The van der Waals surface area contributed by atoms with Crippen LogP contribution in [-0.2, 0) is 4.74 Å². The van der Waals surface area contributed by atoms with E-state index in [1.165, 1.54) is 0 Å². The lowest BCUT2D eigenvalue weighted by Crippen LogP contribution is -2.25. The average Bonchev–Trinajstić information content (AvgIpc) is 3.51. The molecule has 1 N–H and O–H groups in total. The Morgan fingerprint density at radius 1 is 1.11 bits per heavy atom. The van der Waals surface area contributed by atoms with Crippen molar-refractivity contribution >= 4 is 22.6 Å². The summed E-state index contributed by atoms with van der Waals surface area (Å²) in [4.78, 5) is 28.6. The summed E-state index contributed by atoms with van der Waals surface area (Å²) in [6.07, 6.45) is 3.80. The van der Waals surface area contributed by atoms with Gasteiger partial charge in [-0.1, -0.05) is 18.2 Å². The molecule has 0 bridgehead atoms. The van der Waals surface area contributed by atoms with Crippen LogP contribution in [0.3, 0.4) is 0 Å². The molecular formula is C23H22N2O3. The van der Waals surface area contributed by atoms with E-state index in [2.05, 4.69) is 10.3 Å². The number of hydrogen-bond acceptors (Lipinski definition) is 4. The van der Waals surface area contributed by atoms with E-state index >= 15 is 0 Å². The monoisotopic (exact) mass is 374 g/mol. The van der Waals surface area contributed by atoms with Crippen LogP contribution in [0.15, 0.2) is 48.7 Å². The summed E-state index contributed by atoms with van der Waals surface area (Å²) in [6.45, 7) is 4.11. The van der Waals surface area contributed by atoms with Gasteiger partial charge in [0.25, 0.3) is 5.91 Å². The smallest absolute Gasteiger partial charge is 0.356 e. The van der Waals surface area contributed by atoms with Crippen molar-refractivity contribution in [3.63, 3.8) is 0 Å². The van der Waals surface area contributed by atoms with Gasteiger partial charge < -0.3 is 10.1 Å². The molecule has 1 aromatic heterocycles. The summed E-state index contributed by atoms with van der Waals surface area (Å²) >= 11 is 0. The first kappa shape index (κ1) is 18.2. The quantitative estimate of drug-likeness (QED) is 0.677. The van der Waals surface area contributed by atoms with E-state index in [-0.39, 0.29) is 5.91 Å². The van der Waals surface area contributed by atoms with Crippen molar-refractivity contribution in [3.05, 3.63) is 65.5 Å². The first-order valence-corrected chi connectivity index (χ1v) is 9.54. The maximum Gasteiger partial charge on any atom is 0.356 e.